The number of aromatic amines is 1. The predicted octanol–water partition coefficient (Wildman–Crippen LogP) is 3.20. The van der Waals surface area contributed by atoms with Crippen LogP contribution in [0.15, 0.2) is 28.7 Å². The monoisotopic (exact) mass is 276 g/mol. The Labute approximate surface area is 113 Å². The van der Waals surface area contributed by atoms with Crippen molar-refractivity contribution in [3.63, 3.8) is 0 Å². The summed E-state index contributed by atoms with van der Waals surface area (Å²) >= 11 is 3.54. The lowest BCUT2D eigenvalue weighted by Gasteiger charge is -2.02. The van der Waals surface area contributed by atoms with Crippen LogP contribution < -0.4 is 5.73 Å². The average Bonchev–Trinajstić information content (AvgIpc) is 2.94. The highest BCUT2D eigenvalue weighted by atomic mass is 32.2. The number of fused-ring (bicyclic) bond motifs is 1. The summed E-state index contributed by atoms with van der Waals surface area (Å²) in [5.41, 5.74) is 8.74. The molecule has 0 unspecified atom stereocenters. The third-order valence-corrected chi connectivity index (χ3v) is 4.86. The van der Waals surface area contributed by atoms with Gasteiger partial charge in [0.25, 0.3) is 0 Å². The average molecular weight is 276 g/mol. The number of aromatic nitrogens is 3. The van der Waals surface area contributed by atoms with Gasteiger partial charge in [0.2, 0.25) is 0 Å². The molecule has 0 aliphatic heterocycles. The smallest absolute Gasteiger partial charge is 0.180 e. The summed E-state index contributed by atoms with van der Waals surface area (Å²) in [6, 6.07) is 4.11. The summed E-state index contributed by atoms with van der Waals surface area (Å²) in [5.74, 6) is 1.45. The molecule has 0 spiro atoms. The van der Waals surface area contributed by atoms with E-state index in [-0.39, 0.29) is 0 Å². The predicted molar refractivity (Wildman–Crippen MR) is 76.9 cm³/mol. The van der Waals surface area contributed by atoms with Gasteiger partial charge in [0.05, 0.1) is 11.8 Å². The van der Waals surface area contributed by atoms with Crippen molar-refractivity contribution in [2.45, 2.75) is 17.6 Å². The lowest BCUT2D eigenvalue weighted by Crippen LogP contribution is -1.91. The van der Waals surface area contributed by atoms with E-state index in [9.17, 15) is 0 Å². The molecule has 0 aliphatic carbocycles. The third-order valence-electron chi connectivity index (χ3n) is 2.53. The molecule has 0 aromatic carbocycles. The van der Waals surface area contributed by atoms with Crippen molar-refractivity contribution in [1.82, 2.24) is 15.0 Å². The summed E-state index contributed by atoms with van der Waals surface area (Å²) in [6.45, 7) is 2.11. The minimum atomic E-state index is 0.513. The second-order valence-electron chi connectivity index (χ2n) is 4.03. The van der Waals surface area contributed by atoms with Crippen LogP contribution in [0.5, 0.6) is 0 Å². The molecule has 92 valence electrons. The minimum Gasteiger partial charge on any atom is -0.384 e. The van der Waals surface area contributed by atoms with Crippen LogP contribution in [0.3, 0.4) is 0 Å². The van der Waals surface area contributed by atoms with Gasteiger partial charge in [0.15, 0.2) is 5.65 Å². The molecular formula is C12H12N4S2. The first kappa shape index (κ1) is 11.6. The van der Waals surface area contributed by atoms with E-state index in [4.69, 9.17) is 5.73 Å². The van der Waals surface area contributed by atoms with Crippen LogP contribution in [0.2, 0.25) is 0 Å². The zero-order valence-corrected chi connectivity index (χ0v) is 11.4. The number of hydrogen-bond acceptors (Lipinski definition) is 5. The van der Waals surface area contributed by atoms with Crippen LogP contribution in [0.25, 0.3) is 11.2 Å². The number of aryl methyl sites for hydroxylation is 1. The highest BCUT2D eigenvalue weighted by Crippen LogP contribution is 2.31. The van der Waals surface area contributed by atoms with Crippen LogP contribution in [0.1, 0.15) is 10.4 Å². The molecule has 0 bridgehead atoms. The summed E-state index contributed by atoms with van der Waals surface area (Å²) in [4.78, 5) is 13.9. The molecule has 3 aromatic rings. The van der Waals surface area contributed by atoms with Crippen LogP contribution in [-0.2, 0) is 5.75 Å². The quantitative estimate of drug-likeness (QED) is 0.721. The molecule has 4 nitrogen and oxygen atoms in total. The Bertz CT molecular complexity index is 686. The van der Waals surface area contributed by atoms with Gasteiger partial charge in [0, 0.05) is 15.5 Å². The number of nitrogens with one attached hydrogen (secondary N) is 1. The Hall–Kier alpha value is -1.53. The first-order valence-electron chi connectivity index (χ1n) is 5.49. The second kappa shape index (κ2) is 4.62. The van der Waals surface area contributed by atoms with Gasteiger partial charge in [-0.25, -0.2) is 9.97 Å². The standard InChI is InChI=1S/C12H12N4S2/c1-7-2-8(17-4-7)5-18-9-3-10(13)16-12-11(9)14-6-15-12/h2-4,6H,5H2,1H3,(H3,13,14,15,16). The van der Waals surface area contributed by atoms with Gasteiger partial charge in [0.1, 0.15) is 5.82 Å². The largest absolute Gasteiger partial charge is 0.384 e. The molecule has 0 saturated carbocycles. The van der Waals surface area contributed by atoms with Gasteiger partial charge < -0.3 is 10.7 Å². The van der Waals surface area contributed by atoms with Gasteiger partial charge in [-0.3, -0.25) is 0 Å². The van der Waals surface area contributed by atoms with Gasteiger partial charge in [-0.2, -0.15) is 0 Å². The fourth-order valence-corrected chi connectivity index (χ4v) is 3.73. The number of hydrogen-bond donors (Lipinski definition) is 2. The minimum absolute atomic E-state index is 0.513. The van der Waals surface area contributed by atoms with Crippen molar-refractivity contribution in [3.05, 3.63) is 34.3 Å². The normalized spacial score (nSPS) is 11.2. The number of imidazole rings is 1. The maximum absolute atomic E-state index is 5.78. The van der Waals surface area contributed by atoms with E-state index in [1.54, 1.807) is 29.4 Å². The van der Waals surface area contributed by atoms with Crippen molar-refractivity contribution in [1.29, 1.82) is 0 Å². The van der Waals surface area contributed by atoms with E-state index in [0.29, 0.717) is 11.5 Å². The van der Waals surface area contributed by atoms with E-state index in [0.717, 1.165) is 16.2 Å². The number of thiophene rings is 1. The number of pyridine rings is 1. The Balaban J connectivity index is 1.87. The van der Waals surface area contributed by atoms with Crippen molar-refractivity contribution in [2.75, 3.05) is 5.73 Å². The molecule has 0 fully saturated rings. The molecule has 0 saturated heterocycles. The molecule has 0 radical (unpaired) electrons. The van der Waals surface area contributed by atoms with E-state index in [1.807, 2.05) is 6.07 Å². The number of H-pyrrole nitrogens is 1. The van der Waals surface area contributed by atoms with Gasteiger partial charge >= 0.3 is 0 Å². The van der Waals surface area contributed by atoms with Crippen molar-refractivity contribution < 1.29 is 0 Å². The fourth-order valence-electron chi connectivity index (χ4n) is 1.74. The van der Waals surface area contributed by atoms with E-state index in [2.05, 4.69) is 33.3 Å². The third kappa shape index (κ3) is 2.21. The molecule has 0 atom stereocenters. The fraction of sp³-hybridized carbons (Fsp3) is 0.167. The van der Waals surface area contributed by atoms with E-state index in [1.165, 1.54) is 10.4 Å². The number of anilines is 1. The van der Waals surface area contributed by atoms with Crippen molar-refractivity contribution in [2.24, 2.45) is 0 Å². The molecule has 6 heteroatoms. The first-order valence-corrected chi connectivity index (χ1v) is 7.35. The maximum atomic E-state index is 5.78. The molecule has 18 heavy (non-hydrogen) atoms. The summed E-state index contributed by atoms with van der Waals surface area (Å²) in [6.07, 6.45) is 1.65. The summed E-state index contributed by atoms with van der Waals surface area (Å²) in [5, 5.41) is 2.17. The molecule has 3 aromatic heterocycles. The van der Waals surface area contributed by atoms with Gasteiger partial charge in [-0.15, -0.1) is 23.1 Å². The number of rotatable bonds is 3. The number of nitrogens with zero attached hydrogens (tertiary/aromatic N) is 2. The number of nitrogen functional groups attached to an aromatic ring is 1. The topological polar surface area (TPSA) is 67.6 Å². The van der Waals surface area contributed by atoms with Crippen molar-refractivity contribution in [3.8, 4) is 0 Å². The molecule has 3 rings (SSSR count). The van der Waals surface area contributed by atoms with Gasteiger partial charge in [-0.05, 0) is 30.0 Å². The van der Waals surface area contributed by atoms with E-state index >= 15 is 0 Å². The lowest BCUT2D eigenvalue weighted by molar-refractivity contribution is 1.30. The van der Waals surface area contributed by atoms with Crippen LogP contribution >= 0.6 is 23.1 Å². The Morgan fingerprint density at radius 3 is 3.11 bits per heavy atom. The zero-order chi connectivity index (χ0) is 12.5. The Morgan fingerprint density at radius 1 is 1.44 bits per heavy atom. The SMILES string of the molecule is Cc1csc(CSc2cc(N)nc3nc[nH]c23)c1. The highest BCUT2D eigenvalue weighted by Gasteiger charge is 2.08. The molecule has 3 N–H and O–H groups in total. The molecule has 3 heterocycles. The highest BCUT2D eigenvalue weighted by molar-refractivity contribution is 7.98. The lowest BCUT2D eigenvalue weighted by atomic mass is 10.4. The molecular weight excluding hydrogens is 264 g/mol. The Kier molecular flexibility index (Phi) is 2.97. The van der Waals surface area contributed by atoms with Crippen molar-refractivity contribution >= 4 is 40.1 Å². The second-order valence-corrected chi connectivity index (χ2v) is 6.04. The number of nitrogens with two attached hydrogens (primary N) is 1. The molecule has 0 aliphatic rings. The Morgan fingerprint density at radius 2 is 2.33 bits per heavy atom. The molecule has 0 amide bonds. The number of thioether (sulfide) groups is 1. The maximum Gasteiger partial charge on any atom is 0.180 e. The zero-order valence-electron chi connectivity index (χ0n) is 9.80. The van der Waals surface area contributed by atoms with E-state index < -0.39 is 0 Å². The summed E-state index contributed by atoms with van der Waals surface area (Å²) < 4.78 is 0. The van der Waals surface area contributed by atoms with Gasteiger partial charge in [-0.1, -0.05) is 0 Å². The first-order chi connectivity index (χ1) is 8.72. The summed E-state index contributed by atoms with van der Waals surface area (Å²) in [7, 11) is 0. The van der Waals surface area contributed by atoms with Crippen LogP contribution in [0.4, 0.5) is 5.82 Å². The van der Waals surface area contributed by atoms with Crippen LogP contribution in [0, 0.1) is 6.92 Å². The van der Waals surface area contributed by atoms with Crippen LogP contribution in [-0.4, -0.2) is 15.0 Å².